The molecular formula is C16H21NO2. The van der Waals surface area contributed by atoms with Crippen molar-refractivity contribution in [2.24, 2.45) is 0 Å². The summed E-state index contributed by atoms with van der Waals surface area (Å²) in [6, 6.07) is 12.3. The minimum absolute atomic E-state index is 0.210. The largest absolute Gasteiger partial charge is 0.497 e. The molecule has 1 heterocycles. The number of rotatable bonds is 7. The van der Waals surface area contributed by atoms with Crippen LogP contribution in [-0.2, 0) is 6.42 Å². The first-order valence-electron chi connectivity index (χ1n) is 6.73. The van der Waals surface area contributed by atoms with E-state index in [-0.39, 0.29) is 6.04 Å². The Labute approximate surface area is 114 Å². The van der Waals surface area contributed by atoms with Gasteiger partial charge in [0.25, 0.3) is 0 Å². The molecule has 1 unspecified atom stereocenters. The molecule has 0 saturated carbocycles. The molecule has 19 heavy (non-hydrogen) atoms. The molecule has 0 aliphatic heterocycles. The van der Waals surface area contributed by atoms with Gasteiger partial charge in [0.15, 0.2) is 0 Å². The van der Waals surface area contributed by atoms with E-state index in [2.05, 4.69) is 24.4 Å². The van der Waals surface area contributed by atoms with E-state index in [9.17, 15) is 0 Å². The molecule has 1 aromatic heterocycles. The van der Waals surface area contributed by atoms with Crippen molar-refractivity contribution < 1.29 is 9.15 Å². The Morgan fingerprint density at radius 3 is 2.84 bits per heavy atom. The smallest absolute Gasteiger partial charge is 0.121 e. The lowest BCUT2D eigenvalue weighted by Crippen LogP contribution is -2.23. The molecule has 0 aliphatic rings. The van der Waals surface area contributed by atoms with Crippen LogP contribution in [0.3, 0.4) is 0 Å². The van der Waals surface area contributed by atoms with Crippen LogP contribution in [0.1, 0.15) is 30.7 Å². The molecule has 0 fully saturated rings. The number of methoxy groups -OCH3 is 1. The van der Waals surface area contributed by atoms with Crippen LogP contribution in [0.2, 0.25) is 0 Å². The highest BCUT2D eigenvalue weighted by Crippen LogP contribution is 2.21. The summed E-state index contributed by atoms with van der Waals surface area (Å²) < 4.78 is 10.8. The predicted octanol–water partition coefficient (Wildman–Crippen LogP) is 3.57. The second kappa shape index (κ2) is 7.00. The molecule has 102 valence electrons. The molecule has 0 aliphatic carbocycles. The topological polar surface area (TPSA) is 34.4 Å². The number of nitrogens with one attached hydrogen (secondary N) is 1. The van der Waals surface area contributed by atoms with Crippen molar-refractivity contribution in [3.63, 3.8) is 0 Å². The standard InChI is InChI=1S/C16H21NO2/c1-3-9-17-15(16-8-5-10-19-16)12-13-6-4-7-14(11-13)18-2/h4-8,10-11,15,17H,3,9,12H2,1-2H3. The van der Waals surface area contributed by atoms with E-state index in [1.807, 2.05) is 24.3 Å². The van der Waals surface area contributed by atoms with E-state index in [1.165, 1.54) is 5.56 Å². The molecule has 2 rings (SSSR count). The minimum atomic E-state index is 0.210. The van der Waals surface area contributed by atoms with Gasteiger partial charge in [0.05, 0.1) is 19.4 Å². The fourth-order valence-corrected chi connectivity index (χ4v) is 2.12. The van der Waals surface area contributed by atoms with E-state index >= 15 is 0 Å². The van der Waals surface area contributed by atoms with Crippen LogP contribution in [0.5, 0.6) is 5.75 Å². The molecule has 1 atom stereocenters. The van der Waals surface area contributed by atoms with Gasteiger partial charge in [-0.3, -0.25) is 0 Å². The van der Waals surface area contributed by atoms with Gasteiger partial charge in [-0.25, -0.2) is 0 Å². The first kappa shape index (κ1) is 13.7. The average Bonchev–Trinajstić information content (AvgIpc) is 2.97. The molecule has 3 nitrogen and oxygen atoms in total. The molecule has 1 aromatic carbocycles. The molecule has 0 bridgehead atoms. The zero-order chi connectivity index (χ0) is 13.5. The molecule has 0 saturated heterocycles. The monoisotopic (exact) mass is 259 g/mol. The van der Waals surface area contributed by atoms with Gasteiger partial charge in [0.2, 0.25) is 0 Å². The summed E-state index contributed by atoms with van der Waals surface area (Å²) in [6.07, 6.45) is 3.72. The van der Waals surface area contributed by atoms with E-state index in [0.717, 1.165) is 30.9 Å². The minimum Gasteiger partial charge on any atom is -0.497 e. The molecule has 0 radical (unpaired) electrons. The van der Waals surface area contributed by atoms with Crippen molar-refractivity contribution in [2.75, 3.05) is 13.7 Å². The van der Waals surface area contributed by atoms with E-state index in [4.69, 9.17) is 9.15 Å². The maximum absolute atomic E-state index is 5.53. The third-order valence-corrected chi connectivity index (χ3v) is 3.10. The highest BCUT2D eigenvalue weighted by atomic mass is 16.5. The van der Waals surface area contributed by atoms with Gasteiger partial charge in [-0.15, -0.1) is 0 Å². The van der Waals surface area contributed by atoms with Crippen molar-refractivity contribution in [1.29, 1.82) is 0 Å². The van der Waals surface area contributed by atoms with E-state index < -0.39 is 0 Å². The zero-order valence-electron chi connectivity index (χ0n) is 11.6. The number of hydrogen-bond donors (Lipinski definition) is 1. The zero-order valence-corrected chi connectivity index (χ0v) is 11.6. The quantitative estimate of drug-likeness (QED) is 0.825. The second-order valence-corrected chi connectivity index (χ2v) is 4.58. The fraction of sp³-hybridized carbons (Fsp3) is 0.375. The first-order valence-corrected chi connectivity index (χ1v) is 6.73. The highest BCUT2D eigenvalue weighted by Gasteiger charge is 2.14. The summed E-state index contributed by atoms with van der Waals surface area (Å²) in [5, 5.41) is 3.52. The molecule has 1 N–H and O–H groups in total. The maximum atomic E-state index is 5.53. The Bertz CT molecular complexity index is 479. The van der Waals surface area contributed by atoms with Crippen molar-refractivity contribution in [1.82, 2.24) is 5.32 Å². The summed E-state index contributed by atoms with van der Waals surface area (Å²) in [5.74, 6) is 1.88. The summed E-state index contributed by atoms with van der Waals surface area (Å²) in [4.78, 5) is 0. The van der Waals surface area contributed by atoms with Gasteiger partial charge in [-0.2, -0.15) is 0 Å². The van der Waals surface area contributed by atoms with E-state index in [0.29, 0.717) is 0 Å². The lowest BCUT2D eigenvalue weighted by molar-refractivity contribution is 0.405. The van der Waals surface area contributed by atoms with Crippen molar-refractivity contribution in [2.45, 2.75) is 25.8 Å². The summed E-state index contributed by atoms with van der Waals surface area (Å²) in [5.41, 5.74) is 1.24. The molecule has 0 amide bonds. The Hall–Kier alpha value is -1.74. The lowest BCUT2D eigenvalue weighted by Gasteiger charge is -2.16. The number of furan rings is 1. The number of ether oxygens (including phenoxy) is 1. The van der Waals surface area contributed by atoms with Crippen molar-refractivity contribution in [3.8, 4) is 5.75 Å². The molecular weight excluding hydrogens is 238 g/mol. The van der Waals surface area contributed by atoms with Crippen LogP contribution in [0.4, 0.5) is 0 Å². The van der Waals surface area contributed by atoms with Gasteiger partial charge in [0, 0.05) is 0 Å². The third-order valence-electron chi connectivity index (χ3n) is 3.10. The number of hydrogen-bond acceptors (Lipinski definition) is 3. The van der Waals surface area contributed by atoms with Crippen LogP contribution >= 0.6 is 0 Å². The third kappa shape index (κ3) is 3.86. The Morgan fingerprint density at radius 1 is 1.26 bits per heavy atom. The SMILES string of the molecule is CCCNC(Cc1cccc(OC)c1)c1ccco1. The van der Waals surface area contributed by atoms with Crippen molar-refractivity contribution in [3.05, 3.63) is 54.0 Å². The summed E-state index contributed by atoms with van der Waals surface area (Å²) in [7, 11) is 1.69. The average molecular weight is 259 g/mol. The van der Waals surface area contributed by atoms with Gasteiger partial charge >= 0.3 is 0 Å². The summed E-state index contributed by atoms with van der Waals surface area (Å²) in [6.45, 7) is 3.15. The highest BCUT2D eigenvalue weighted by molar-refractivity contribution is 5.29. The molecule has 3 heteroatoms. The van der Waals surface area contributed by atoms with Gasteiger partial charge in [0.1, 0.15) is 11.5 Å². The van der Waals surface area contributed by atoms with Crippen LogP contribution in [0, 0.1) is 0 Å². The van der Waals surface area contributed by atoms with Crippen LogP contribution in [0.15, 0.2) is 47.1 Å². The molecule has 2 aromatic rings. The Morgan fingerprint density at radius 2 is 2.16 bits per heavy atom. The van der Waals surface area contributed by atoms with Crippen LogP contribution in [0.25, 0.3) is 0 Å². The summed E-state index contributed by atoms with van der Waals surface area (Å²) >= 11 is 0. The fourth-order valence-electron chi connectivity index (χ4n) is 2.12. The van der Waals surface area contributed by atoms with Gasteiger partial charge in [-0.05, 0) is 49.2 Å². The van der Waals surface area contributed by atoms with Crippen LogP contribution in [-0.4, -0.2) is 13.7 Å². The predicted molar refractivity (Wildman–Crippen MR) is 76.4 cm³/mol. The Balaban J connectivity index is 2.10. The first-order chi connectivity index (χ1) is 9.33. The van der Waals surface area contributed by atoms with E-state index in [1.54, 1.807) is 13.4 Å². The van der Waals surface area contributed by atoms with Crippen LogP contribution < -0.4 is 10.1 Å². The second-order valence-electron chi connectivity index (χ2n) is 4.58. The van der Waals surface area contributed by atoms with Gasteiger partial charge < -0.3 is 14.5 Å². The lowest BCUT2D eigenvalue weighted by atomic mass is 10.0. The van der Waals surface area contributed by atoms with Gasteiger partial charge in [-0.1, -0.05) is 19.1 Å². The molecule has 0 spiro atoms. The number of benzene rings is 1. The van der Waals surface area contributed by atoms with Crippen molar-refractivity contribution >= 4 is 0 Å². The Kier molecular flexibility index (Phi) is 5.04. The maximum Gasteiger partial charge on any atom is 0.121 e. The normalized spacial score (nSPS) is 12.3.